The molecule has 0 bridgehead atoms. The number of rotatable bonds is 6. The van der Waals surface area contributed by atoms with Crippen LogP contribution >= 0.6 is 11.8 Å². The minimum Gasteiger partial charge on any atom is -0.496 e. The van der Waals surface area contributed by atoms with E-state index in [1.807, 2.05) is 19.1 Å². The molecule has 0 aliphatic rings. The van der Waals surface area contributed by atoms with Gasteiger partial charge in [-0.2, -0.15) is 11.8 Å². The standard InChI is InChI=1S/C12H19NO2S/c1-9-3-4-12(15-2)10(7-9)11(13)8-16-6-5-14/h3-4,7,11,14H,5-6,8,13H2,1-2H3. The van der Waals surface area contributed by atoms with Gasteiger partial charge in [0.15, 0.2) is 0 Å². The van der Waals surface area contributed by atoms with Crippen LogP contribution in [0.25, 0.3) is 0 Å². The molecule has 16 heavy (non-hydrogen) atoms. The van der Waals surface area contributed by atoms with Crippen LogP contribution in [0.3, 0.4) is 0 Å². The van der Waals surface area contributed by atoms with Crippen LogP contribution in [0.5, 0.6) is 5.75 Å². The smallest absolute Gasteiger partial charge is 0.123 e. The van der Waals surface area contributed by atoms with E-state index in [-0.39, 0.29) is 12.6 Å². The highest BCUT2D eigenvalue weighted by molar-refractivity contribution is 7.99. The van der Waals surface area contributed by atoms with Crippen molar-refractivity contribution in [1.29, 1.82) is 0 Å². The quantitative estimate of drug-likeness (QED) is 0.745. The van der Waals surface area contributed by atoms with Gasteiger partial charge in [-0.1, -0.05) is 17.7 Å². The molecule has 0 amide bonds. The number of aliphatic hydroxyl groups is 1. The van der Waals surface area contributed by atoms with Gasteiger partial charge in [0.1, 0.15) is 5.75 Å². The van der Waals surface area contributed by atoms with E-state index in [9.17, 15) is 0 Å². The molecule has 1 unspecified atom stereocenters. The summed E-state index contributed by atoms with van der Waals surface area (Å²) in [5, 5.41) is 8.71. The zero-order chi connectivity index (χ0) is 12.0. The Morgan fingerprint density at radius 1 is 1.50 bits per heavy atom. The van der Waals surface area contributed by atoms with Gasteiger partial charge in [0.25, 0.3) is 0 Å². The highest BCUT2D eigenvalue weighted by Gasteiger charge is 2.11. The van der Waals surface area contributed by atoms with E-state index in [0.29, 0.717) is 0 Å². The number of nitrogens with two attached hydrogens (primary N) is 1. The van der Waals surface area contributed by atoms with Crippen molar-refractivity contribution in [2.45, 2.75) is 13.0 Å². The molecule has 1 aromatic rings. The third-order valence-corrected chi connectivity index (χ3v) is 3.38. The van der Waals surface area contributed by atoms with Crippen molar-refractivity contribution < 1.29 is 9.84 Å². The van der Waals surface area contributed by atoms with Crippen LogP contribution in [-0.4, -0.2) is 30.3 Å². The summed E-state index contributed by atoms with van der Waals surface area (Å²) in [4.78, 5) is 0. The lowest BCUT2D eigenvalue weighted by Crippen LogP contribution is -2.15. The van der Waals surface area contributed by atoms with E-state index in [4.69, 9.17) is 15.6 Å². The Bertz CT molecular complexity index is 331. The molecular weight excluding hydrogens is 222 g/mol. The normalized spacial score (nSPS) is 12.5. The lowest BCUT2D eigenvalue weighted by atomic mass is 10.1. The largest absolute Gasteiger partial charge is 0.496 e. The van der Waals surface area contributed by atoms with Gasteiger partial charge in [0.2, 0.25) is 0 Å². The molecule has 0 aliphatic carbocycles. The van der Waals surface area contributed by atoms with Crippen LogP contribution in [0.15, 0.2) is 18.2 Å². The minimum atomic E-state index is -0.0496. The van der Waals surface area contributed by atoms with Gasteiger partial charge < -0.3 is 15.6 Å². The van der Waals surface area contributed by atoms with Gasteiger partial charge >= 0.3 is 0 Å². The average molecular weight is 241 g/mol. The molecule has 90 valence electrons. The lowest BCUT2D eigenvalue weighted by Gasteiger charge is -2.16. The molecule has 1 aromatic carbocycles. The number of thioether (sulfide) groups is 1. The van der Waals surface area contributed by atoms with Gasteiger partial charge in [0.05, 0.1) is 13.7 Å². The first-order valence-electron chi connectivity index (χ1n) is 5.27. The highest BCUT2D eigenvalue weighted by atomic mass is 32.2. The maximum Gasteiger partial charge on any atom is 0.123 e. The molecule has 0 fully saturated rings. The van der Waals surface area contributed by atoms with Crippen LogP contribution in [-0.2, 0) is 0 Å². The summed E-state index contributed by atoms with van der Waals surface area (Å²) in [7, 11) is 1.65. The van der Waals surface area contributed by atoms with E-state index < -0.39 is 0 Å². The molecule has 1 atom stereocenters. The zero-order valence-electron chi connectivity index (χ0n) is 9.77. The first-order valence-corrected chi connectivity index (χ1v) is 6.43. The number of aryl methyl sites for hydroxylation is 1. The predicted octanol–water partition coefficient (Wildman–Crippen LogP) is 1.73. The molecule has 0 heterocycles. The number of hydrogen-bond donors (Lipinski definition) is 2. The zero-order valence-corrected chi connectivity index (χ0v) is 10.6. The van der Waals surface area contributed by atoms with Crippen LogP contribution in [0, 0.1) is 6.92 Å². The average Bonchev–Trinajstić information content (AvgIpc) is 2.29. The Kier molecular flexibility index (Phi) is 5.66. The Morgan fingerprint density at radius 3 is 2.88 bits per heavy atom. The summed E-state index contributed by atoms with van der Waals surface area (Å²) in [5.41, 5.74) is 8.31. The number of hydrogen-bond acceptors (Lipinski definition) is 4. The van der Waals surface area contributed by atoms with E-state index in [1.165, 1.54) is 5.56 Å². The Hall–Kier alpha value is -0.710. The second kappa shape index (κ2) is 6.78. The van der Waals surface area contributed by atoms with E-state index in [1.54, 1.807) is 18.9 Å². The fourth-order valence-electron chi connectivity index (χ4n) is 1.51. The van der Waals surface area contributed by atoms with Crippen LogP contribution < -0.4 is 10.5 Å². The van der Waals surface area contributed by atoms with Crippen molar-refractivity contribution in [1.82, 2.24) is 0 Å². The summed E-state index contributed by atoms with van der Waals surface area (Å²) in [6, 6.07) is 5.96. The number of ether oxygens (including phenoxy) is 1. The third-order valence-electron chi connectivity index (χ3n) is 2.32. The molecule has 0 saturated heterocycles. The Labute approximate surface area is 101 Å². The molecule has 0 saturated carbocycles. The molecule has 0 spiro atoms. The van der Waals surface area contributed by atoms with Gasteiger partial charge in [0, 0.05) is 23.1 Å². The summed E-state index contributed by atoms with van der Waals surface area (Å²) < 4.78 is 5.29. The summed E-state index contributed by atoms with van der Waals surface area (Å²) >= 11 is 1.65. The lowest BCUT2D eigenvalue weighted by molar-refractivity contribution is 0.322. The number of aliphatic hydroxyl groups excluding tert-OH is 1. The minimum absolute atomic E-state index is 0.0496. The SMILES string of the molecule is COc1ccc(C)cc1C(N)CSCCO. The molecule has 0 radical (unpaired) electrons. The Balaban J connectivity index is 2.72. The van der Waals surface area contributed by atoms with Crippen molar-refractivity contribution in [2.75, 3.05) is 25.2 Å². The monoisotopic (exact) mass is 241 g/mol. The fourth-order valence-corrected chi connectivity index (χ4v) is 2.24. The molecule has 3 nitrogen and oxygen atoms in total. The Morgan fingerprint density at radius 2 is 2.25 bits per heavy atom. The predicted molar refractivity (Wildman–Crippen MR) is 69.1 cm³/mol. The van der Waals surface area contributed by atoms with Gasteiger partial charge in [-0.05, 0) is 13.0 Å². The van der Waals surface area contributed by atoms with Gasteiger partial charge in [-0.3, -0.25) is 0 Å². The van der Waals surface area contributed by atoms with E-state index in [2.05, 4.69) is 6.07 Å². The summed E-state index contributed by atoms with van der Waals surface area (Å²) in [6.07, 6.45) is 0. The van der Waals surface area contributed by atoms with Crippen molar-refractivity contribution >= 4 is 11.8 Å². The van der Waals surface area contributed by atoms with Gasteiger partial charge in [-0.25, -0.2) is 0 Å². The molecule has 1 rings (SSSR count). The van der Waals surface area contributed by atoms with Crippen LogP contribution in [0.2, 0.25) is 0 Å². The van der Waals surface area contributed by atoms with Crippen molar-refractivity contribution in [3.05, 3.63) is 29.3 Å². The third kappa shape index (κ3) is 3.70. The summed E-state index contributed by atoms with van der Waals surface area (Å²) in [6.45, 7) is 2.23. The second-order valence-corrected chi connectivity index (χ2v) is 4.80. The fraction of sp³-hybridized carbons (Fsp3) is 0.500. The molecule has 4 heteroatoms. The molecule has 0 aromatic heterocycles. The van der Waals surface area contributed by atoms with Crippen molar-refractivity contribution in [2.24, 2.45) is 5.73 Å². The van der Waals surface area contributed by atoms with Crippen LogP contribution in [0.1, 0.15) is 17.2 Å². The summed E-state index contributed by atoms with van der Waals surface area (Å²) in [5.74, 6) is 2.35. The van der Waals surface area contributed by atoms with Crippen LogP contribution in [0.4, 0.5) is 0 Å². The van der Waals surface area contributed by atoms with E-state index in [0.717, 1.165) is 22.8 Å². The molecule has 3 N–H and O–H groups in total. The maximum absolute atomic E-state index is 8.71. The number of methoxy groups -OCH3 is 1. The van der Waals surface area contributed by atoms with E-state index >= 15 is 0 Å². The highest BCUT2D eigenvalue weighted by Crippen LogP contribution is 2.26. The maximum atomic E-state index is 8.71. The first-order chi connectivity index (χ1) is 7.69. The molecular formula is C12H19NO2S. The topological polar surface area (TPSA) is 55.5 Å². The number of benzene rings is 1. The second-order valence-electron chi connectivity index (χ2n) is 3.65. The van der Waals surface area contributed by atoms with Crippen molar-refractivity contribution in [3.63, 3.8) is 0 Å². The molecule has 0 aliphatic heterocycles. The van der Waals surface area contributed by atoms with Crippen molar-refractivity contribution in [3.8, 4) is 5.75 Å². The first kappa shape index (κ1) is 13.4. The van der Waals surface area contributed by atoms with Gasteiger partial charge in [-0.15, -0.1) is 0 Å².